The van der Waals surface area contributed by atoms with Gasteiger partial charge in [0, 0.05) is 24.2 Å². The molecule has 0 aliphatic carbocycles. The molecule has 2 heterocycles. The van der Waals surface area contributed by atoms with Crippen molar-refractivity contribution in [3.8, 4) is 11.3 Å². The summed E-state index contributed by atoms with van der Waals surface area (Å²) in [6.45, 7) is 2.99. The van der Waals surface area contributed by atoms with Crippen LogP contribution in [0.4, 0.5) is 11.4 Å². The van der Waals surface area contributed by atoms with Crippen LogP contribution in [0.2, 0.25) is 0 Å². The van der Waals surface area contributed by atoms with Crippen LogP contribution in [0.15, 0.2) is 77.3 Å². The quantitative estimate of drug-likeness (QED) is 0.544. The summed E-state index contributed by atoms with van der Waals surface area (Å²) in [6, 6.07) is 23.1. The maximum Gasteiger partial charge on any atom is 0.255 e. The SMILES string of the molecule is O=C(Nc1ccccc1N1CCOCC1)c1ccc2noc(-c3ccccc3)c2c1. The second-order valence-corrected chi connectivity index (χ2v) is 7.18. The normalized spacial score (nSPS) is 14.1. The lowest BCUT2D eigenvalue weighted by molar-refractivity contribution is 0.102. The Balaban J connectivity index is 1.45. The summed E-state index contributed by atoms with van der Waals surface area (Å²) in [5.74, 6) is 0.492. The molecule has 1 saturated heterocycles. The maximum absolute atomic E-state index is 13.1. The zero-order valence-corrected chi connectivity index (χ0v) is 16.4. The van der Waals surface area contributed by atoms with Gasteiger partial charge in [0.05, 0.1) is 30.0 Å². The van der Waals surface area contributed by atoms with Gasteiger partial charge in [-0.1, -0.05) is 47.6 Å². The number of anilines is 2. The summed E-state index contributed by atoms with van der Waals surface area (Å²) in [6.07, 6.45) is 0. The van der Waals surface area contributed by atoms with E-state index >= 15 is 0 Å². The van der Waals surface area contributed by atoms with Crippen molar-refractivity contribution in [3.05, 3.63) is 78.4 Å². The van der Waals surface area contributed by atoms with Crippen LogP contribution in [0.25, 0.3) is 22.2 Å². The fourth-order valence-corrected chi connectivity index (χ4v) is 3.73. The minimum atomic E-state index is -0.169. The molecule has 0 unspecified atom stereocenters. The van der Waals surface area contributed by atoms with Crippen LogP contribution >= 0.6 is 0 Å². The van der Waals surface area contributed by atoms with Gasteiger partial charge in [-0.15, -0.1) is 0 Å². The van der Waals surface area contributed by atoms with Crippen molar-refractivity contribution in [3.63, 3.8) is 0 Å². The molecule has 0 radical (unpaired) electrons. The van der Waals surface area contributed by atoms with Gasteiger partial charge in [-0.3, -0.25) is 4.79 Å². The van der Waals surface area contributed by atoms with Crippen LogP contribution in [0.5, 0.6) is 0 Å². The average molecular weight is 399 g/mol. The molecule has 0 bridgehead atoms. The first-order valence-electron chi connectivity index (χ1n) is 9.97. The topological polar surface area (TPSA) is 67.6 Å². The molecule has 1 aliphatic rings. The highest BCUT2D eigenvalue weighted by Crippen LogP contribution is 2.30. The number of nitrogens with one attached hydrogen (secondary N) is 1. The Hall–Kier alpha value is -3.64. The van der Waals surface area contributed by atoms with Crippen molar-refractivity contribution in [1.29, 1.82) is 0 Å². The highest BCUT2D eigenvalue weighted by atomic mass is 16.5. The van der Waals surface area contributed by atoms with Gasteiger partial charge in [-0.25, -0.2) is 0 Å². The molecule has 1 fully saturated rings. The number of hydrogen-bond acceptors (Lipinski definition) is 5. The number of rotatable bonds is 4. The van der Waals surface area contributed by atoms with Crippen LogP contribution in [0.1, 0.15) is 10.4 Å². The number of aromatic nitrogens is 1. The Kier molecular flexibility index (Phi) is 4.91. The fourth-order valence-electron chi connectivity index (χ4n) is 3.73. The number of morpholine rings is 1. The number of ether oxygens (including phenoxy) is 1. The van der Waals surface area contributed by atoms with Crippen LogP contribution in [-0.4, -0.2) is 37.4 Å². The van der Waals surface area contributed by atoms with Gasteiger partial charge in [0.25, 0.3) is 5.91 Å². The van der Waals surface area contributed by atoms with E-state index in [1.807, 2.05) is 66.7 Å². The molecule has 30 heavy (non-hydrogen) atoms. The van der Waals surface area contributed by atoms with Gasteiger partial charge < -0.3 is 19.5 Å². The first-order valence-corrected chi connectivity index (χ1v) is 9.97. The largest absolute Gasteiger partial charge is 0.378 e. The van der Waals surface area contributed by atoms with E-state index in [9.17, 15) is 4.79 Å². The Morgan fingerprint density at radius 2 is 1.70 bits per heavy atom. The van der Waals surface area contributed by atoms with Crippen molar-refractivity contribution in [2.24, 2.45) is 0 Å². The van der Waals surface area contributed by atoms with Crippen LogP contribution in [-0.2, 0) is 4.74 Å². The summed E-state index contributed by atoms with van der Waals surface area (Å²) in [5.41, 5.74) is 4.00. The smallest absolute Gasteiger partial charge is 0.255 e. The monoisotopic (exact) mass is 399 g/mol. The summed E-state index contributed by atoms with van der Waals surface area (Å²) < 4.78 is 11.0. The molecule has 0 saturated carbocycles. The molecule has 0 atom stereocenters. The lowest BCUT2D eigenvalue weighted by Crippen LogP contribution is -2.36. The minimum Gasteiger partial charge on any atom is -0.378 e. The molecule has 0 spiro atoms. The van der Waals surface area contributed by atoms with Gasteiger partial charge >= 0.3 is 0 Å². The third-order valence-electron chi connectivity index (χ3n) is 5.28. The zero-order chi connectivity index (χ0) is 20.3. The first-order chi connectivity index (χ1) is 14.8. The summed E-state index contributed by atoms with van der Waals surface area (Å²) in [7, 11) is 0. The maximum atomic E-state index is 13.1. The number of para-hydroxylation sites is 2. The van der Waals surface area contributed by atoms with E-state index in [2.05, 4.69) is 15.4 Å². The standard InChI is InChI=1S/C24H21N3O3/c28-24(25-21-8-4-5-9-22(21)27-12-14-29-15-13-27)18-10-11-20-19(16-18)23(30-26-20)17-6-2-1-3-7-17/h1-11,16H,12-15H2,(H,25,28). The third kappa shape index (κ3) is 3.53. The molecule has 5 rings (SSSR count). The first kappa shape index (κ1) is 18.4. The van der Waals surface area contributed by atoms with E-state index < -0.39 is 0 Å². The predicted molar refractivity (Wildman–Crippen MR) is 117 cm³/mol. The van der Waals surface area contributed by atoms with E-state index in [1.54, 1.807) is 6.07 Å². The zero-order valence-electron chi connectivity index (χ0n) is 16.4. The number of fused-ring (bicyclic) bond motifs is 1. The van der Waals surface area contributed by atoms with Crippen molar-refractivity contribution in [2.45, 2.75) is 0 Å². The average Bonchev–Trinajstić information content (AvgIpc) is 3.24. The number of amides is 1. The summed E-state index contributed by atoms with van der Waals surface area (Å²) >= 11 is 0. The number of carbonyl (C=O) groups excluding carboxylic acids is 1. The highest BCUT2D eigenvalue weighted by Gasteiger charge is 2.18. The molecule has 1 aromatic heterocycles. The van der Waals surface area contributed by atoms with Crippen molar-refractivity contribution >= 4 is 28.2 Å². The second kappa shape index (κ2) is 8.00. The summed E-state index contributed by atoms with van der Waals surface area (Å²) in [4.78, 5) is 15.3. The van der Waals surface area contributed by atoms with Crippen molar-refractivity contribution in [1.82, 2.24) is 5.16 Å². The van der Waals surface area contributed by atoms with E-state index in [1.165, 1.54) is 0 Å². The van der Waals surface area contributed by atoms with Crippen LogP contribution in [0, 0.1) is 0 Å². The molecule has 150 valence electrons. The molecule has 1 N–H and O–H groups in total. The number of carbonyl (C=O) groups is 1. The molecule has 1 aliphatic heterocycles. The predicted octanol–water partition coefficient (Wildman–Crippen LogP) is 4.58. The van der Waals surface area contributed by atoms with Gasteiger partial charge in [0.2, 0.25) is 0 Å². The Morgan fingerprint density at radius 1 is 0.933 bits per heavy atom. The number of benzene rings is 3. The van der Waals surface area contributed by atoms with Crippen molar-refractivity contribution in [2.75, 3.05) is 36.5 Å². The number of nitrogens with zero attached hydrogens (tertiary/aromatic N) is 2. The molecular weight excluding hydrogens is 378 g/mol. The summed E-state index contributed by atoms with van der Waals surface area (Å²) in [5, 5.41) is 8.01. The third-order valence-corrected chi connectivity index (χ3v) is 5.28. The van der Waals surface area contributed by atoms with E-state index in [-0.39, 0.29) is 5.91 Å². The van der Waals surface area contributed by atoms with Gasteiger partial charge in [0.1, 0.15) is 5.52 Å². The molecule has 1 amide bonds. The van der Waals surface area contributed by atoms with Gasteiger partial charge in [-0.2, -0.15) is 0 Å². The lowest BCUT2D eigenvalue weighted by Gasteiger charge is -2.30. The molecule has 6 nitrogen and oxygen atoms in total. The highest BCUT2D eigenvalue weighted by molar-refractivity contribution is 6.08. The number of hydrogen-bond donors (Lipinski definition) is 1. The Morgan fingerprint density at radius 3 is 2.53 bits per heavy atom. The van der Waals surface area contributed by atoms with E-state index in [0.717, 1.165) is 40.9 Å². The molecule has 3 aromatic carbocycles. The Bertz CT molecular complexity index is 1180. The fraction of sp³-hybridized carbons (Fsp3) is 0.167. The van der Waals surface area contributed by atoms with Gasteiger partial charge in [-0.05, 0) is 30.3 Å². The molecule has 6 heteroatoms. The lowest BCUT2D eigenvalue weighted by atomic mass is 10.1. The van der Waals surface area contributed by atoms with E-state index in [0.29, 0.717) is 24.5 Å². The second-order valence-electron chi connectivity index (χ2n) is 7.18. The molecular formula is C24H21N3O3. The van der Waals surface area contributed by atoms with Crippen molar-refractivity contribution < 1.29 is 14.1 Å². The minimum absolute atomic E-state index is 0.169. The van der Waals surface area contributed by atoms with Gasteiger partial charge in [0.15, 0.2) is 5.76 Å². The molecule has 4 aromatic rings. The Labute approximate surface area is 174 Å². The van der Waals surface area contributed by atoms with Crippen LogP contribution < -0.4 is 10.2 Å². The van der Waals surface area contributed by atoms with E-state index in [4.69, 9.17) is 9.26 Å². The van der Waals surface area contributed by atoms with Crippen LogP contribution in [0.3, 0.4) is 0 Å².